The third-order valence-electron chi connectivity index (χ3n) is 1.86. The second-order valence-electron chi connectivity index (χ2n) is 3.01. The summed E-state index contributed by atoms with van der Waals surface area (Å²) in [5, 5.41) is 20.1. The van der Waals surface area contributed by atoms with E-state index in [0.29, 0.717) is 0 Å². The van der Waals surface area contributed by atoms with Gasteiger partial charge in [0, 0.05) is 15.1 Å². The lowest BCUT2D eigenvalue weighted by Gasteiger charge is -2.07. The van der Waals surface area contributed by atoms with E-state index in [1.54, 1.807) is 12.1 Å². The van der Waals surface area contributed by atoms with Crippen LogP contribution in [-0.4, -0.2) is 0 Å². The maximum Gasteiger partial charge on any atom is 0.145 e. The van der Waals surface area contributed by atoms with Gasteiger partial charge in [0.1, 0.15) is 17.7 Å². The molecule has 0 unspecified atom stereocenters. The first-order chi connectivity index (χ1) is 7.58. The highest BCUT2D eigenvalue weighted by molar-refractivity contribution is 9.11. The fraction of sp³-hybridized carbons (Fsp3) is 0.0909. The van der Waals surface area contributed by atoms with Crippen molar-refractivity contribution in [1.29, 1.82) is 10.5 Å². The van der Waals surface area contributed by atoms with Crippen LogP contribution in [0.5, 0.6) is 0 Å². The van der Waals surface area contributed by atoms with Crippen LogP contribution < -0.4 is 5.32 Å². The van der Waals surface area contributed by atoms with Crippen molar-refractivity contribution in [1.82, 2.24) is 0 Å². The van der Waals surface area contributed by atoms with Crippen molar-refractivity contribution in [3.63, 3.8) is 0 Å². The molecule has 0 fully saturated rings. The van der Waals surface area contributed by atoms with Crippen LogP contribution >= 0.6 is 31.9 Å². The summed E-state index contributed by atoms with van der Waals surface area (Å²) >= 11 is 6.80. The third-order valence-corrected chi connectivity index (χ3v) is 3.37. The molecule has 16 heavy (non-hydrogen) atoms. The summed E-state index contributed by atoms with van der Waals surface area (Å²) in [5.74, 6) is 0. The van der Waals surface area contributed by atoms with Crippen molar-refractivity contribution in [2.24, 2.45) is 0 Å². The Balaban J connectivity index is 3.01. The summed E-state index contributed by atoms with van der Waals surface area (Å²) in [4.78, 5) is 0. The van der Waals surface area contributed by atoms with Gasteiger partial charge in [-0.15, -0.1) is 0 Å². The summed E-state index contributed by atoms with van der Waals surface area (Å²) in [6.07, 6.45) is 1.38. The van der Waals surface area contributed by atoms with Gasteiger partial charge in [-0.25, -0.2) is 0 Å². The molecule has 0 aliphatic heterocycles. The molecule has 3 nitrogen and oxygen atoms in total. The lowest BCUT2D eigenvalue weighted by atomic mass is 10.2. The first-order valence-corrected chi connectivity index (χ1v) is 5.89. The quantitative estimate of drug-likeness (QED) is 0.831. The molecule has 0 heterocycles. The minimum Gasteiger partial charge on any atom is -0.359 e. The van der Waals surface area contributed by atoms with Crippen molar-refractivity contribution >= 4 is 37.5 Å². The van der Waals surface area contributed by atoms with E-state index in [9.17, 15) is 0 Å². The minimum atomic E-state index is 0.0347. The maximum atomic E-state index is 8.57. The molecule has 5 heteroatoms. The molecule has 80 valence electrons. The second-order valence-corrected chi connectivity index (χ2v) is 4.72. The lowest BCUT2D eigenvalue weighted by Crippen LogP contribution is -1.92. The number of hydrogen-bond donors (Lipinski definition) is 1. The zero-order valence-corrected chi connectivity index (χ0v) is 11.6. The topological polar surface area (TPSA) is 59.6 Å². The minimum absolute atomic E-state index is 0.0347. The van der Waals surface area contributed by atoms with Gasteiger partial charge in [0.25, 0.3) is 0 Å². The average Bonchev–Trinajstić information content (AvgIpc) is 2.26. The highest BCUT2D eigenvalue weighted by atomic mass is 79.9. The Labute approximate surface area is 111 Å². The van der Waals surface area contributed by atoms with Crippen molar-refractivity contribution in [3.05, 3.63) is 38.4 Å². The van der Waals surface area contributed by atoms with Gasteiger partial charge in [0.15, 0.2) is 0 Å². The van der Waals surface area contributed by atoms with Gasteiger partial charge in [-0.2, -0.15) is 10.5 Å². The van der Waals surface area contributed by atoms with E-state index < -0.39 is 0 Å². The lowest BCUT2D eigenvalue weighted by molar-refractivity contribution is 1.39. The van der Waals surface area contributed by atoms with Gasteiger partial charge in [-0.3, -0.25) is 0 Å². The number of aryl methyl sites for hydroxylation is 1. The van der Waals surface area contributed by atoms with E-state index in [2.05, 4.69) is 37.2 Å². The first-order valence-electron chi connectivity index (χ1n) is 4.31. The Morgan fingerprint density at radius 2 is 1.88 bits per heavy atom. The molecule has 0 spiro atoms. The smallest absolute Gasteiger partial charge is 0.145 e. The van der Waals surface area contributed by atoms with E-state index in [-0.39, 0.29) is 5.57 Å². The number of benzene rings is 1. The van der Waals surface area contributed by atoms with Crippen LogP contribution in [0, 0.1) is 29.6 Å². The molecule has 0 bridgehead atoms. The van der Waals surface area contributed by atoms with Crippen LogP contribution in [-0.2, 0) is 0 Å². The van der Waals surface area contributed by atoms with Crippen LogP contribution in [0.4, 0.5) is 5.69 Å². The Morgan fingerprint density at radius 3 is 2.44 bits per heavy atom. The molecule has 0 aliphatic carbocycles. The number of nitrogens with one attached hydrogen (secondary N) is 1. The molecular weight excluding hydrogens is 334 g/mol. The van der Waals surface area contributed by atoms with Crippen LogP contribution in [0.3, 0.4) is 0 Å². The molecule has 0 aromatic heterocycles. The van der Waals surface area contributed by atoms with Gasteiger partial charge >= 0.3 is 0 Å². The van der Waals surface area contributed by atoms with Crippen LogP contribution in [0.15, 0.2) is 32.9 Å². The zero-order valence-electron chi connectivity index (χ0n) is 8.38. The molecule has 1 rings (SSSR count). The van der Waals surface area contributed by atoms with Gasteiger partial charge in [-0.05, 0) is 40.5 Å². The molecule has 0 amide bonds. The number of halogens is 2. The number of rotatable bonds is 2. The van der Waals surface area contributed by atoms with Gasteiger partial charge < -0.3 is 5.32 Å². The van der Waals surface area contributed by atoms with Crippen molar-refractivity contribution in [3.8, 4) is 12.1 Å². The summed E-state index contributed by atoms with van der Waals surface area (Å²) in [5.41, 5.74) is 1.91. The van der Waals surface area contributed by atoms with Crippen molar-refractivity contribution < 1.29 is 0 Å². The number of hydrogen-bond acceptors (Lipinski definition) is 3. The Bertz CT molecular complexity index is 505. The molecular formula is C11H7Br2N3. The number of nitriles is 2. The van der Waals surface area contributed by atoms with E-state index in [4.69, 9.17) is 10.5 Å². The fourth-order valence-corrected chi connectivity index (χ4v) is 2.12. The van der Waals surface area contributed by atoms with Gasteiger partial charge in [0.2, 0.25) is 0 Å². The molecule has 0 saturated heterocycles. The van der Waals surface area contributed by atoms with E-state index in [1.165, 1.54) is 6.20 Å². The SMILES string of the molecule is Cc1cc(NC=C(C#N)C#N)c(Br)cc1Br. The maximum absolute atomic E-state index is 8.57. The van der Waals surface area contributed by atoms with Crippen LogP contribution in [0.25, 0.3) is 0 Å². The van der Waals surface area contributed by atoms with E-state index >= 15 is 0 Å². The Kier molecular flexibility index (Phi) is 4.54. The molecule has 0 aliphatic rings. The zero-order chi connectivity index (χ0) is 12.1. The van der Waals surface area contributed by atoms with Gasteiger partial charge in [-0.1, -0.05) is 15.9 Å². The van der Waals surface area contributed by atoms with Crippen LogP contribution in [0.2, 0.25) is 0 Å². The Hall–Kier alpha value is -1.30. The van der Waals surface area contributed by atoms with E-state index in [1.807, 2.05) is 19.1 Å². The van der Waals surface area contributed by atoms with Crippen molar-refractivity contribution in [2.45, 2.75) is 6.92 Å². The summed E-state index contributed by atoms with van der Waals surface area (Å²) in [6.45, 7) is 1.96. The predicted molar refractivity (Wildman–Crippen MR) is 69.5 cm³/mol. The third kappa shape index (κ3) is 3.10. The molecule has 0 atom stereocenters. The molecule has 0 radical (unpaired) electrons. The monoisotopic (exact) mass is 339 g/mol. The molecule has 1 aromatic rings. The first kappa shape index (κ1) is 12.8. The fourth-order valence-electron chi connectivity index (χ4n) is 1.01. The Morgan fingerprint density at radius 1 is 1.25 bits per heavy atom. The van der Waals surface area contributed by atoms with Crippen molar-refractivity contribution in [2.75, 3.05) is 5.32 Å². The number of allylic oxidation sites excluding steroid dienone is 1. The predicted octanol–water partition coefficient (Wildman–Crippen LogP) is 3.86. The number of nitrogens with zero attached hydrogens (tertiary/aromatic N) is 2. The van der Waals surface area contributed by atoms with Gasteiger partial charge in [0.05, 0.1) is 5.69 Å². The second kappa shape index (κ2) is 5.69. The highest BCUT2D eigenvalue weighted by Gasteiger charge is 2.02. The van der Waals surface area contributed by atoms with E-state index in [0.717, 1.165) is 20.2 Å². The molecule has 1 aromatic carbocycles. The summed E-state index contributed by atoms with van der Waals surface area (Å²) in [7, 11) is 0. The normalized spacial score (nSPS) is 8.81. The highest BCUT2D eigenvalue weighted by Crippen LogP contribution is 2.29. The summed E-state index contributed by atoms with van der Waals surface area (Å²) in [6, 6.07) is 7.38. The molecule has 0 saturated carbocycles. The standard InChI is InChI=1S/C11H7Br2N3/c1-7-2-11(10(13)3-9(7)12)16-6-8(4-14)5-15/h2-3,6,16H,1H3. The number of anilines is 1. The van der Waals surface area contributed by atoms with Crippen LogP contribution in [0.1, 0.15) is 5.56 Å². The average molecular weight is 341 g/mol. The largest absolute Gasteiger partial charge is 0.359 e. The molecule has 1 N–H and O–H groups in total. The summed E-state index contributed by atoms with van der Waals surface area (Å²) < 4.78 is 1.85.